The van der Waals surface area contributed by atoms with Crippen LogP contribution in [0.1, 0.15) is 27.8 Å². The standard InChI is InChI=1S/C24H32FN5/c1-16-10-20(15-28(4)5)23-21(11-16)30(24(27-23)29-8-6-26-7-9-29)14-19-12-17(2)22(25)18(3)13-19/h10-13,26H,6-9,14-15H2,1-5H3. The van der Waals surface area contributed by atoms with Crippen LogP contribution in [0.3, 0.4) is 0 Å². The van der Waals surface area contributed by atoms with E-state index in [1.807, 2.05) is 26.0 Å². The lowest BCUT2D eigenvalue weighted by Crippen LogP contribution is -2.44. The second-order valence-electron chi connectivity index (χ2n) is 8.81. The molecule has 5 nitrogen and oxygen atoms in total. The fraction of sp³-hybridized carbons (Fsp3) is 0.458. The van der Waals surface area contributed by atoms with E-state index >= 15 is 0 Å². The number of piperazine rings is 1. The third kappa shape index (κ3) is 4.07. The molecular weight excluding hydrogens is 377 g/mol. The first-order chi connectivity index (χ1) is 14.3. The molecule has 1 aliphatic heterocycles. The van der Waals surface area contributed by atoms with Crippen molar-refractivity contribution in [3.8, 4) is 0 Å². The minimum absolute atomic E-state index is 0.110. The Bertz CT molecular complexity index is 1040. The van der Waals surface area contributed by atoms with E-state index < -0.39 is 0 Å². The van der Waals surface area contributed by atoms with Gasteiger partial charge < -0.3 is 19.7 Å². The fourth-order valence-corrected chi connectivity index (χ4v) is 4.47. The van der Waals surface area contributed by atoms with Gasteiger partial charge >= 0.3 is 0 Å². The number of nitrogens with one attached hydrogen (secondary N) is 1. The average Bonchev–Trinajstić information content (AvgIpc) is 3.05. The van der Waals surface area contributed by atoms with Crippen molar-refractivity contribution in [2.24, 2.45) is 0 Å². The predicted molar refractivity (Wildman–Crippen MR) is 122 cm³/mol. The number of benzene rings is 2. The van der Waals surface area contributed by atoms with Gasteiger partial charge in [0.15, 0.2) is 0 Å². The molecule has 1 aromatic heterocycles. The quantitative estimate of drug-likeness (QED) is 0.698. The molecule has 1 N–H and O–H groups in total. The second-order valence-corrected chi connectivity index (χ2v) is 8.81. The van der Waals surface area contributed by atoms with Crippen molar-refractivity contribution in [3.05, 3.63) is 57.9 Å². The second kappa shape index (κ2) is 8.36. The maximum atomic E-state index is 14.2. The van der Waals surface area contributed by atoms with Crippen molar-refractivity contribution in [1.29, 1.82) is 0 Å². The number of hydrogen-bond acceptors (Lipinski definition) is 4. The monoisotopic (exact) mass is 409 g/mol. The van der Waals surface area contributed by atoms with Gasteiger partial charge in [-0.2, -0.15) is 0 Å². The van der Waals surface area contributed by atoms with Gasteiger partial charge in [0, 0.05) is 32.7 Å². The first kappa shape index (κ1) is 20.8. The summed E-state index contributed by atoms with van der Waals surface area (Å²) in [5.41, 5.74) is 7.21. The third-order valence-electron chi connectivity index (χ3n) is 5.78. The zero-order valence-corrected chi connectivity index (χ0v) is 18.7. The number of rotatable bonds is 5. The van der Waals surface area contributed by atoms with Gasteiger partial charge in [0.1, 0.15) is 5.82 Å². The smallest absolute Gasteiger partial charge is 0.206 e. The Morgan fingerprint density at radius 1 is 1.03 bits per heavy atom. The highest BCUT2D eigenvalue weighted by Gasteiger charge is 2.21. The average molecular weight is 410 g/mol. The molecule has 4 rings (SSSR count). The van der Waals surface area contributed by atoms with Crippen LogP contribution in [0.25, 0.3) is 11.0 Å². The van der Waals surface area contributed by atoms with Crippen LogP contribution in [0.2, 0.25) is 0 Å². The van der Waals surface area contributed by atoms with Crippen molar-refractivity contribution >= 4 is 17.0 Å². The molecule has 0 amide bonds. The maximum Gasteiger partial charge on any atom is 0.206 e. The molecule has 0 bridgehead atoms. The van der Waals surface area contributed by atoms with Gasteiger partial charge in [-0.05, 0) is 68.8 Å². The molecule has 1 aliphatic rings. The van der Waals surface area contributed by atoms with Crippen molar-refractivity contribution < 1.29 is 4.39 Å². The zero-order chi connectivity index (χ0) is 21.4. The van der Waals surface area contributed by atoms with E-state index in [2.05, 4.69) is 52.8 Å². The SMILES string of the molecule is Cc1cc(CN(C)C)c2nc(N3CCNCC3)n(Cc3cc(C)c(F)c(C)c3)c2c1. The molecule has 0 unspecified atom stereocenters. The summed E-state index contributed by atoms with van der Waals surface area (Å²) in [5.74, 6) is 0.900. The molecule has 0 radical (unpaired) electrons. The van der Waals surface area contributed by atoms with Crippen molar-refractivity contribution in [2.45, 2.75) is 33.9 Å². The Kier molecular flexibility index (Phi) is 5.80. The number of aromatic nitrogens is 2. The van der Waals surface area contributed by atoms with E-state index in [1.54, 1.807) is 0 Å². The molecule has 0 spiro atoms. The van der Waals surface area contributed by atoms with Gasteiger partial charge in [0.2, 0.25) is 5.95 Å². The van der Waals surface area contributed by atoms with Crippen LogP contribution >= 0.6 is 0 Å². The predicted octanol–water partition coefficient (Wildman–Crippen LogP) is 3.62. The lowest BCUT2D eigenvalue weighted by atomic mass is 10.1. The number of hydrogen-bond donors (Lipinski definition) is 1. The molecule has 2 aromatic carbocycles. The van der Waals surface area contributed by atoms with Gasteiger partial charge in [0.25, 0.3) is 0 Å². The van der Waals surface area contributed by atoms with Crippen LogP contribution in [0.5, 0.6) is 0 Å². The summed E-state index contributed by atoms with van der Waals surface area (Å²) < 4.78 is 16.5. The van der Waals surface area contributed by atoms with Crippen molar-refractivity contribution in [2.75, 3.05) is 45.2 Å². The molecule has 3 aromatic rings. The summed E-state index contributed by atoms with van der Waals surface area (Å²) >= 11 is 0. The lowest BCUT2D eigenvalue weighted by molar-refractivity contribution is 0.404. The van der Waals surface area contributed by atoms with E-state index in [4.69, 9.17) is 4.98 Å². The van der Waals surface area contributed by atoms with Gasteiger partial charge in [-0.15, -0.1) is 0 Å². The van der Waals surface area contributed by atoms with E-state index in [0.29, 0.717) is 17.7 Å². The highest BCUT2D eigenvalue weighted by atomic mass is 19.1. The molecule has 0 aliphatic carbocycles. The molecule has 6 heteroatoms. The molecular formula is C24H32FN5. The number of fused-ring (bicyclic) bond motifs is 1. The molecule has 0 atom stereocenters. The van der Waals surface area contributed by atoms with E-state index in [1.165, 1.54) is 11.1 Å². The minimum Gasteiger partial charge on any atom is -0.340 e. The van der Waals surface area contributed by atoms with Crippen molar-refractivity contribution in [3.63, 3.8) is 0 Å². The van der Waals surface area contributed by atoms with E-state index in [-0.39, 0.29) is 5.82 Å². The summed E-state index contributed by atoms with van der Waals surface area (Å²) in [6.07, 6.45) is 0. The number of halogens is 1. The summed E-state index contributed by atoms with van der Waals surface area (Å²) in [4.78, 5) is 9.70. The van der Waals surface area contributed by atoms with Gasteiger partial charge in [-0.1, -0.05) is 18.2 Å². The summed E-state index contributed by atoms with van der Waals surface area (Å²) in [7, 11) is 4.18. The fourth-order valence-electron chi connectivity index (χ4n) is 4.47. The van der Waals surface area contributed by atoms with Crippen molar-refractivity contribution in [1.82, 2.24) is 19.8 Å². The van der Waals surface area contributed by atoms with Crippen LogP contribution in [0, 0.1) is 26.6 Å². The molecule has 160 valence electrons. The van der Waals surface area contributed by atoms with E-state index in [9.17, 15) is 4.39 Å². The summed E-state index contributed by atoms with van der Waals surface area (Å²) in [6.45, 7) is 11.2. The zero-order valence-electron chi connectivity index (χ0n) is 18.7. The van der Waals surface area contributed by atoms with Crippen LogP contribution in [0.4, 0.5) is 10.3 Å². The number of imidazole rings is 1. The highest BCUT2D eigenvalue weighted by molar-refractivity contribution is 5.83. The lowest BCUT2D eigenvalue weighted by Gasteiger charge is -2.29. The normalized spacial score (nSPS) is 14.8. The Balaban J connectivity index is 1.87. The number of anilines is 1. The molecule has 0 saturated carbocycles. The number of aryl methyl sites for hydroxylation is 3. The first-order valence-corrected chi connectivity index (χ1v) is 10.7. The Morgan fingerprint density at radius 2 is 1.70 bits per heavy atom. The first-order valence-electron chi connectivity index (χ1n) is 10.7. The Hall–Kier alpha value is -2.44. The topological polar surface area (TPSA) is 36.3 Å². The van der Waals surface area contributed by atoms with Crippen LogP contribution < -0.4 is 10.2 Å². The molecule has 1 fully saturated rings. The number of nitrogens with zero attached hydrogens (tertiary/aromatic N) is 4. The minimum atomic E-state index is -0.110. The van der Waals surface area contributed by atoms with Crippen LogP contribution in [0.15, 0.2) is 24.3 Å². The van der Waals surface area contributed by atoms with Gasteiger partial charge in [-0.25, -0.2) is 9.37 Å². The molecule has 2 heterocycles. The van der Waals surface area contributed by atoms with E-state index in [0.717, 1.165) is 55.3 Å². The summed E-state index contributed by atoms with van der Waals surface area (Å²) in [6, 6.07) is 8.41. The summed E-state index contributed by atoms with van der Waals surface area (Å²) in [5, 5.41) is 3.43. The Labute approximate surface area is 178 Å². The van der Waals surface area contributed by atoms with Gasteiger partial charge in [0.05, 0.1) is 17.6 Å². The largest absolute Gasteiger partial charge is 0.340 e. The van der Waals surface area contributed by atoms with Gasteiger partial charge in [-0.3, -0.25) is 0 Å². The molecule has 1 saturated heterocycles. The van der Waals surface area contributed by atoms with Crippen LogP contribution in [-0.2, 0) is 13.1 Å². The highest BCUT2D eigenvalue weighted by Crippen LogP contribution is 2.29. The van der Waals surface area contributed by atoms with Crippen LogP contribution in [-0.4, -0.2) is 54.7 Å². The molecule has 30 heavy (non-hydrogen) atoms. The third-order valence-corrected chi connectivity index (χ3v) is 5.78. The maximum absolute atomic E-state index is 14.2. The Morgan fingerprint density at radius 3 is 2.33 bits per heavy atom.